The lowest BCUT2D eigenvalue weighted by molar-refractivity contribution is 0.318. The van der Waals surface area contributed by atoms with E-state index < -0.39 is 0 Å². The summed E-state index contributed by atoms with van der Waals surface area (Å²) in [4.78, 5) is 0. The minimum absolute atomic E-state index is 0.0141. The highest BCUT2D eigenvalue weighted by Gasteiger charge is 2.01. The molecule has 0 aliphatic heterocycles. The van der Waals surface area contributed by atoms with Gasteiger partial charge in [-0.2, -0.15) is 5.26 Å². The zero-order chi connectivity index (χ0) is 9.84. The second-order valence-electron chi connectivity index (χ2n) is 2.68. The van der Waals surface area contributed by atoms with Gasteiger partial charge in [0.25, 0.3) is 0 Å². The number of nitriles is 1. The van der Waals surface area contributed by atoms with Gasteiger partial charge >= 0.3 is 0 Å². The zero-order valence-corrected chi connectivity index (χ0v) is 7.15. The third kappa shape index (κ3) is 1.97. The molecule has 0 saturated carbocycles. The SMILES string of the molecule is Cc1cc(C#N)cc(C(N)=NO)c1. The van der Waals surface area contributed by atoms with Gasteiger partial charge in [0.15, 0.2) is 5.84 Å². The molecule has 1 rings (SSSR count). The minimum Gasteiger partial charge on any atom is -0.409 e. The molecular weight excluding hydrogens is 166 g/mol. The van der Waals surface area contributed by atoms with Crippen LogP contribution in [0.2, 0.25) is 0 Å². The Labute approximate surface area is 75.9 Å². The summed E-state index contributed by atoms with van der Waals surface area (Å²) in [5, 5.41) is 19.9. The van der Waals surface area contributed by atoms with Crippen molar-refractivity contribution in [3.05, 3.63) is 34.9 Å². The van der Waals surface area contributed by atoms with Crippen LogP contribution in [0.3, 0.4) is 0 Å². The van der Waals surface area contributed by atoms with E-state index in [0.717, 1.165) is 5.56 Å². The van der Waals surface area contributed by atoms with Crippen LogP contribution in [0, 0.1) is 18.3 Å². The fourth-order valence-corrected chi connectivity index (χ4v) is 1.05. The average molecular weight is 175 g/mol. The van der Waals surface area contributed by atoms with Crippen molar-refractivity contribution >= 4 is 5.84 Å². The van der Waals surface area contributed by atoms with E-state index in [0.29, 0.717) is 11.1 Å². The maximum Gasteiger partial charge on any atom is 0.170 e. The Kier molecular flexibility index (Phi) is 2.50. The first-order chi connectivity index (χ1) is 6.17. The third-order valence-electron chi connectivity index (χ3n) is 1.61. The van der Waals surface area contributed by atoms with Gasteiger partial charge in [-0.25, -0.2) is 0 Å². The first kappa shape index (κ1) is 9.07. The highest BCUT2D eigenvalue weighted by atomic mass is 16.4. The predicted molar refractivity (Wildman–Crippen MR) is 48.4 cm³/mol. The number of hydrogen-bond acceptors (Lipinski definition) is 3. The van der Waals surface area contributed by atoms with Crippen LogP contribution < -0.4 is 5.73 Å². The van der Waals surface area contributed by atoms with Gasteiger partial charge in [0.05, 0.1) is 11.6 Å². The van der Waals surface area contributed by atoms with Crippen LogP contribution in [0.5, 0.6) is 0 Å². The molecule has 66 valence electrons. The van der Waals surface area contributed by atoms with Crippen LogP contribution in [0.1, 0.15) is 16.7 Å². The molecule has 0 unspecified atom stereocenters. The van der Waals surface area contributed by atoms with E-state index in [4.69, 9.17) is 16.2 Å². The van der Waals surface area contributed by atoms with Crippen LogP contribution in [-0.2, 0) is 0 Å². The third-order valence-corrected chi connectivity index (χ3v) is 1.61. The van der Waals surface area contributed by atoms with Crippen LogP contribution in [0.25, 0.3) is 0 Å². The van der Waals surface area contributed by atoms with E-state index in [1.165, 1.54) is 0 Å². The molecule has 1 aromatic carbocycles. The van der Waals surface area contributed by atoms with Gasteiger partial charge in [-0.1, -0.05) is 5.16 Å². The number of oxime groups is 1. The number of benzene rings is 1. The molecule has 0 bridgehead atoms. The number of nitrogens with zero attached hydrogens (tertiary/aromatic N) is 2. The van der Waals surface area contributed by atoms with E-state index >= 15 is 0 Å². The lowest BCUT2D eigenvalue weighted by Gasteiger charge is -2.00. The smallest absolute Gasteiger partial charge is 0.170 e. The van der Waals surface area contributed by atoms with E-state index in [1.807, 2.05) is 13.0 Å². The molecule has 0 aliphatic carbocycles. The summed E-state index contributed by atoms with van der Waals surface area (Å²) in [6.07, 6.45) is 0. The van der Waals surface area contributed by atoms with Crippen molar-refractivity contribution in [1.82, 2.24) is 0 Å². The van der Waals surface area contributed by atoms with Gasteiger partial charge < -0.3 is 10.9 Å². The fraction of sp³-hybridized carbons (Fsp3) is 0.111. The molecule has 0 amide bonds. The number of rotatable bonds is 1. The van der Waals surface area contributed by atoms with Crippen LogP contribution in [-0.4, -0.2) is 11.0 Å². The lowest BCUT2D eigenvalue weighted by Crippen LogP contribution is -2.13. The predicted octanol–water partition coefficient (Wildman–Crippen LogP) is 0.961. The maximum atomic E-state index is 8.65. The Hall–Kier alpha value is -2.02. The molecule has 0 atom stereocenters. The topological polar surface area (TPSA) is 82.4 Å². The standard InChI is InChI=1S/C9H9N3O/c1-6-2-7(5-10)4-8(3-6)9(11)12-13/h2-4,13H,1H3,(H2,11,12). The van der Waals surface area contributed by atoms with Gasteiger partial charge in [-0.3, -0.25) is 0 Å². The van der Waals surface area contributed by atoms with E-state index in [1.54, 1.807) is 18.2 Å². The Morgan fingerprint density at radius 1 is 1.54 bits per heavy atom. The normalized spacial score (nSPS) is 10.9. The van der Waals surface area contributed by atoms with E-state index in [-0.39, 0.29) is 5.84 Å². The van der Waals surface area contributed by atoms with Crippen molar-refractivity contribution in [2.75, 3.05) is 0 Å². The largest absolute Gasteiger partial charge is 0.409 e. The molecule has 3 N–H and O–H groups in total. The summed E-state index contributed by atoms with van der Waals surface area (Å²) >= 11 is 0. The van der Waals surface area contributed by atoms with Gasteiger partial charge in [0.2, 0.25) is 0 Å². The molecule has 0 radical (unpaired) electrons. The Morgan fingerprint density at radius 3 is 2.77 bits per heavy atom. The summed E-state index contributed by atoms with van der Waals surface area (Å²) in [5.74, 6) is 0.0141. The highest BCUT2D eigenvalue weighted by molar-refractivity contribution is 5.97. The molecule has 13 heavy (non-hydrogen) atoms. The maximum absolute atomic E-state index is 8.65. The molecule has 0 aliphatic rings. The Balaban J connectivity index is 3.26. The monoisotopic (exact) mass is 175 g/mol. The van der Waals surface area contributed by atoms with Crippen LogP contribution in [0.4, 0.5) is 0 Å². The summed E-state index contributed by atoms with van der Waals surface area (Å²) < 4.78 is 0. The van der Waals surface area contributed by atoms with Gasteiger partial charge in [-0.15, -0.1) is 0 Å². The molecule has 0 aromatic heterocycles. The summed E-state index contributed by atoms with van der Waals surface area (Å²) in [6.45, 7) is 1.84. The number of nitrogens with two attached hydrogens (primary N) is 1. The van der Waals surface area contributed by atoms with E-state index in [2.05, 4.69) is 5.16 Å². The van der Waals surface area contributed by atoms with Crippen molar-refractivity contribution in [2.24, 2.45) is 10.9 Å². The second kappa shape index (κ2) is 3.59. The molecular formula is C9H9N3O. The summed E-state index contributed by atoms with van der Waals surface area (Å²) in [5.41, 5.74) is 7.34. The summed E-state index contributed by atoms with van der Waals surface area (Å²) in [6, 6.07) is 7.04. The van der Waals surface area contributed by atoms with E-state index in [9.17, 15) is 0 Å². The number of amidine groups is 1. The molecule has 1 aromatic rings. The van der Waals surface area contributed by atoms with Crippen molar-refractivity contribution in [2.45, 2.75) is 6.92 Å². The quantitative estimate of drug-likeness (QED) is 0.288. The number of hydrogen-bond donors (Lipinski definition) is 2. The number of aryl methyl sites for hydroxylation is 1. The second-order valence-corrected chi connectivity index (χ2v) is 2.68. The van der Waals surface area contributed by atoms with Crippen molar-refractivity contribution in [1.29, 1.82) is 5.26 Å². The Bertz CT molecular complexity index is 390. The summed E-state index contributed by atoms with van der Waals surface area (Å²) in [7, 11) is 0. The van der Waals surface area contributed by atoms with Gasteiger partial charge in [0.1, 0.15) is 0 Å². The molecule has 0 heterocycles. The highest BCUT2D eigenvalue weighted by Crippen LogP contribution is 2.08. The molecule has 4 heteroatoms. The van der Waals surface area contributed by atoms with Gasteiger partial charge in [-0.05, 0) is 30.7 Å². The average Bonchev–Trinajstić information content (AvgIpc) is 2.15. The van der Waals surface area contributed by atoms with Crippen molar-refractivity contribution in [3.63, 3.8) is 0 Å². The molecule has 0 fully saturated rings. The van der Waals surface area contributed by atoms with Crippen molar-refractivity contribution < 1.29 is 5.21 Å². The molecule has 0 saturated heterocycles. The Morgan fingerprint density at radius 2 is 2.23 bits per heavy atom. The first-order valence-electron chi connectivity index (χ1n) is 3.67. The van der Waals surface area contributed by atoms with Crippen LogP contribution >= 0.6 is 0 Å². The minimum atomic E-state index is 0.0141. The lowest BCUT2D eigenvalue weighted by atomic mass is 10.1. The first-order valence-corrected chi connectivity index (χ1v) is 3.67. The van der Waals surface area contributed by atoms with Gasteiger partial charge in [0, 0.05) is 5.56 Å². The molecule has 0 spiro atoms. The molecule has 4 nitrogen and oxygen atoms in total. The zero-order valence-electron chi connectivity index (χ0n) is 7.15. The fourth-order valence-electron chi connectivity index (χ4n) is 1.05. The van der Waals surface area contributed by atoms with Crippen LogP contribution in [0.15, 0.2) is 23.4 Å². The van der Waals surface area contributed by atoms with Crippen molar-refractivity contribution in [3.8, 4) is 6.07 Å².